The summed E-state index contributed by atoms with van der Waals surface area (Å²) in [4.78, 5) is 27.4. The van der Waals surface area contributed by atoms with Crippen molar-refractivity contribution in [1.82, 2.24) is 29.4 Å². The van der Waals surface area contributed by atoms with Crippen LogP contribution in [0.2, 0.25) is 0 Å². The molecule has 1 atom stereocenters. The van der Waals surface area contributed by atoms with Gasteiger partial charge in [0, 0.05) is 37.2 Å². The summed E-state index contributed by atoms with van der Waals surface area (Å²) in [6.07, 6.45) is 9.08. The van der Waals surface area contributed by atoms with Crippen LogP contribution in [0.4, 0.5) is 5.82 Å². The van der Waals surface area contributed by atoms with Crippen molar-refractivity contribution in [3.8, 4) is 29.9 Å². The molecule has 5 rings (SSSR count). The van der Waals surface area contributed by atoms with Gasteiger partial charge in [-0.05, 0) is 42.5 Å². The summed E-state index contributed by atoms with van der Waals surface area (Å²) in [5, 5.41) is 12.3. The van der Waals surface area contributed by atoms with E-state index in [1.165, 1.54) is 4.68 Å². The number of para-hydroxylation sites is 1. The van der Waals surface area contributed by atoms with Crippen LogP contribution in [0.5, 0.6) is 0 Å². The van der Waals surface area contributed by atoms with Gasteiger partial charge in [-0.3, -0.25) is 23.5 Å². The highest BCUT2D eigenvalue weighted by atomic mass is 16.2. The number of fused-ring (bicyclic) bond motifs is 1. The highest BCUT2D eigenvalue weighted by Gasteiger charge is 2.24. The van der Waals surface area contributed by atoms with Gasteiger partial charge in [0.25, 0.3) is 11.5 Å². The Morgan fingerprint density at radius 1 is 1.10 bits per heavy atom. The van der Waals surface area contributed by atoms with E-state index in [0.29, 0.717) is 27.7 Å². The van der Waals surface area contributed by atoms with Crippen LogP contribution < -0.4 is 16.6 Å². The molecule has 3 aromatic heterocycles. The predicted octanol–water partition coefficient (Wildman–Crippen LogP) is 2.91. The predicted molar refractivity (Wildman–Crippen MR) is 150 cm³/mol. The zero-order valence-corrected chi connectivity index (χ0v) is 21.6. The minimum absolute atomic E-state index is 0.0333. The lowest BCUT2D eigenvalue weighted by molar-refractivity contribution is 0.0939. The van der Waals surface area contributed by atoms with Gasteiger partial charge < -0.3 is 11.1 Å². The first-order valence-electron chi connectivity index (χ1n) is 12.1. The molecule has 0 unspecified atom stereocenters. The zero-order chi connectivity index (χ0) is 27.7. The Balaban J connectivity index is 1.65. The first-order chi connectivity index (χ1) is 18.8. The van der Waals surface area contributed by atoms with E-state index < -0.39 is 11.9 Å². The monoisotopic (exact) mass is 515 g/mol. The van der Waals surface area contributed by atoms with Crippen molar-refractivity contribution in [3.63, 3.8) is 0 Å². The van der Waals surface area contributed by atoms with Gasteiger partial charge >= 0.3 is 0 Å². The standard InChI is InChI=1S/C30H25N7O2/c1-5-24-27(28(31)34-36(24)4)29(38)33-19(2)25-16-22-11-9-10-21(15-14-20-17-32-35(3)18-20)26(22)30(39)37(25)23-12-7-6-8-13-23/h1,6-13,16-19H,2-4H3,(H2,31,34)(H,33,38)/t19-/m0/s1. The van der Waals surface area contributed by atoms with E-state index in [9.17, 15) is 9.59 Å². The zero-order valence-electron chi connectivity index (χ0n) is 21.6. The van der Waals surface area contributed by atoms with Crippen LogP contribution >= 0.6 is 0 Å². The van der Waals surface area contributed by atoms with E-state index in [1.54, 1.807) is 29.4 Å². The average Bonchev–Trinajstić information content (AvgIpc) is 3.47. The fourth-order valence-corrected chi connectivity index (χ4v) is 4.55. The van der Waals surface area contributed by atoms with Crippen molar-refractivity contribution in [2.45, 2.75) is 13.0 Å². The largest absolute Gasteiger partial charge is 0.382 e. The molecule has 0 aliphatic rings. The second kappa shape index (κ2) is 10.1. The fourth-order valence-electron chi connectivity index (χ4n) is 4.55. The smallest absolute Gasteiger partial charge is 0.264 e. The number of terminal acetylenes is 1. The fraction of sp³-hybridized carbons (Fsp3) is 0.133. The van der Waals surface area contributed by atoms with Crippen LogP contribution in [0.15, 0.2) is 71.8 Å². The van der Waals surface area contributed by atoms with Crippen LogP contribution in [-0.4, -0.2) is 30.0 Å². The quantitative estimate of drug-likeness (QED) is 0.358. The lowest BCUT2D eigenvalue weighted by atomic mass is 10.0. The number of aromatic nitrogens is 5. The third kappa shape index (κ3) is 4.65. The highest BCUT2D eigenvalue weighted by Crippen LogP contribution is 2.24. The number of aryl methyl sites for hydroxylation is 2. The summed E-state index contributed by atoms with van der Waals surface area (Å²) in [6.45, 7) is 1.80. The number of nitrogen functional groups attached to an aromatic ring is 1. The number of anilines is 1. The molecule has 0 aliphatic heterocycles. The van der Waals surface area contributed by atoms with Gasteiger partial charge in [-0.1, -0.05) is 42.2 Å². The number of nitrogens with one attached hydrogen (secondary N) is 1. The Morgan fingerprint density at radius 3 is 2.56 bits per heavy atom. The maximum atomic E-state index is 14.1. The summed E-state index contributed by atoms with van der Waals surface area (Å²) in [7, 11) is 3.44. The lowest BCUT2D eigenvalue weighted by Crippen LogP contribution is -2.32. The van der Waals surface area contributed by atoms with Gasteiger partial charge in [0.05, 0.1) is 23.2 Å². The first kappa shape index (κ1) is 25.1. The molecular formula is C30H25N7O2. The van der Waals surface area contributed by atoms with Crippen molar-refractivity contribution in [2.24, 2.45) is 14.1 Å². The molecule has 5 aromatic rings. The maximum absolute atomic E-state index is 14.1. The molecule has 9 nitrogen and oxygen atoms in total. The molecule has 3 N–H and O–H groups in total. The number of benzene rings is 2. The van der Waals surface area contributed by atoms with Crippen molar-refractivity contribution in [2.75, 3.05) is 5.73 Å². The molecule has 0 bridgehead atoms. The van der Waals surface area contributed by atoms with Gasteiger partial charge in [-0.25, -0.2) is 0 Å². The van der Waals surface area contributed by atoms with Gasteiger partial charge in [0.2, 0.25) is 0 Å². The minimum Gasteiger partial charge on any atom is -0.382 e. The van der Waals surface area contributed by atoms with Crippen molar-refractivity contribution < 1.29 is 4.79 Å². The van der Waals surface area contributed by atoms with Crippen LogP contribution in [0.3, 0.4) is 0 Å². The number of nitrogens with two attached hydrogens (primary N) is 1. The molecule has 0 spiro atoms. The third-order valence-electron chi connectivity index (χ3n) is 6.37. The molecule has 2 aromatic carbocycles. The maximum Gasteiger partial charge on any atom is 0.264 e. The van der Waals surface area contributed by atoms with E-state index in [4.69, 9.17) is 12.2 Å². The number of nitrogens with zero attached hydrogens (tertiary/aromatic N) is 5. The Hall–Kier alpha value is -5.54. The number of hydrogen-bond acceptors (Lipinski definition) is 5. The molecule has 0 aliphatic carbocycles. The van der Waals surface area contributed by atoms with Crippen molar-refractivity contribution in [1.29, 1.82) is 0 Å². The molecule has 9 heteroatoms. The average molecular weight is 516 g/mol. The second-order valence-electron chi connectivity index (χ2n) is 9.04. The van der Waals surface area contributed by atoms with Crippen molar-refractivity contribution in [3.05, 3.63) is 105 Å². The molecule has 39 heavy (non-hydrogen) atoms. The van der Waals surface area contributed by atoms with Crippen LogP contribution in [0.25, 0.3) is 16.5 Å². The highest BCUT2D eigenvalue weighted by molar-refractivity contribution is 6.00. The third-order valence-corrected chi connectivity index (χ3v) is 6.37. The normalized spacial score (nSPS) is 11.4. The summed E-state index contributed by atoms with van der Waals surface area (Å²) < 4.78 is 4.65. The Bertz CT molecular complexity index is 1890. The number of carbonyl (C=O) groups excluding carboxylic acids is 1. The summed E-state index contributed by atoms with van der Waals surface area (Å²) >= 11 is 0. The summed E-state index contributed by atoms with van der Waals surface area (Å²) in [6, 6.07) is 16.1. The summed E-state index contributed by atoms with van der Waals surface area (Å²) in [5.41, 5.74) is 8.68. The summed E-state index contributed by atoms with van der Waals surface area (Å²) in [5.74, 6) is 8.24. The molecule has 0 radical (unpaired) electrons. The SMILES string of the molecule is C#Cc1c(C(=O)N[C@@H](C)c2cc3cccc(C#Cc4cnn(C)c4)c3c(=O)n2-c2ccccc2)c(N)nn1C. The molecule has 0 fully saturated rings. The Kier molecular flexibility index (Phi) is 6.49. The minimum atomic E-state index is -0.592. The van der Waals surface area contributed by atoms with Crippen LogP contribution in [0.1, 0.15) is 45.8 Å². The molecule has 0 saturated carbocycles. The number of carbonyl (C=O) groups is 1. The number of amides is 1. The van der Waals surface area contributed by atoms with Crippen LogP contribution in [-0.2, 0) is 14.1 Å². The Morgan fingerprint density at radius 2 is 1.87 bits per heavy atom. The van der Waals surface area contributed by atoms with Gasteiger partial charge in [0.15, 0.2) is 5.82 Å². The molecule has 192 valence electrons. The second-order valence-corrected chi connectivity index (χ2v) is 9.04. The van der Waals surface area contributed by atoms with E-state index in [0.717, 1.165) is 5.56 Å². The van der Waals surface area contributed by atoms with Crippen molar-refractivity contribution >= 4 is 22.5 Å². The lowest BCUT2D eigenvalue weighted by Gasteiger charge is -2.21. The molecule has 1 amide bonds. The number of rotatable bonds is 4. The topological polar surface area (TPSA) is 113 Å². The first-order valence-corrected chi connectivity index (χ1v) is 12.1. The van der Waals surface area contributed by atoms with E-state index in [2.05, 4.69) is 33.3 Å². The van der Waals surface area contributed by atoms with Gasteiger partial charge in [0.1, 0.15) is 11.3 Å². The van der Waals surface area contributed by atoms with E-state index >= 15 is 0 Å². The molecule has 0 saturated heterocycles. The Labute approximate surface area is 224 Å². The molecule has 3 heterocycles. The van der Waals surface area contributed by atoms with Gasteiger partial charge in [-0.2, -0.15) is 10.2 Å². The van der Waals surface area contributed by atoms with Crippen LogP contribution in [0, 0.1) is 24.2 Å². The number of pyridine rings is 1. The molecular weight excluding hydrogens is 490 g/mol. The number of hydrogen-bond donors (Lipinski definition) is 2. The van der Waals surface area contributed by atoms with E-state index in [1.807, 2.05) is 67.8 Å². The van der Waals surface area contributed by atoms with E-state index in [-0.39, 0.29) is 22.6 Å². The van der Waals surface area contributed by atoms with Gasteiger partial charge in [-0.15, -0.1) is 6.42 Å².